The summed E-state index contributed by atoms with van der Waals surface area (Å²) in [6.07, 6.45) is 3.38. The summed E-state index contributed by atoms with van der Waals surface area (Å²) in [5.74, 6) is 0.401. The lowest BCUT2D eigenvalue weighted by atomic mass is 10.1. The lowest BCUT2D eigenvalue weighted by Crippen LogP contribution is -2.15. The van der Waals surface area contributed by atoms with Crippen molar-refractivity contribution in [3.05, 3.63) is 87.7 Å². The van der Waals surface area contributed by atoms with Crippen LogP contribution in [0.1, 0.15) is 16.7 Å². The van der Waals surface area contributed by atoms with Crippen LogP contribution in [0.2, 0.25) is 0 Å². The van der Waals surface area contributed by atoms with Crippen LogP contribution in [0.3, 0.4) is 0 Å². The molecule has 0 spiro atoms. The molecule has 2 aromatic heterocycles. The van der Waals surface area contributed by atoms with Crippen LogP contribution in [0.25, 0.3) is 17.1 Å². The molecule has 0 atom stereocenters. The first-order valence-corrected chi connectivity index (χ1v) is 11.4. The molecule has 9 nitrogen and oxygen atoms in total. The molecule has 2 heterocycles. The summed E-state index contributed by atoms with van der Waals surface area (Å²) in [5, 5.41) is 23.2. The number of aromatic nitrogens is 4. The summed E-state index contributed by atoms with van der Waals surface area (Å²) < 4.78 is 1.92. The van der Waals surface area contributed by atoms with E-state index in [1.54, 1.807) is 31.5 Å². The van der Waals surface area contributed by atoms with Crippen LogP contribution in [0.5, 0.6) is 0 Å². The van der Waals surface area contributed by atoms with E-state index >= 15 is 0 Å². The minimum absolute atomic E-state index is 0.0399. The number of carbonyl (C=O) groups excluding carboxylic acids is 1. The fourth-order valence-corrected chi connectivity index (χ4v) is 4.17. The van der Waals surface area contributed by atoms with Gasteiger partial charge in [0.2, 0.25) is 5.91 Å². The zero-order valence-corrected chi connectivity index (χ0v) is 19.7. The lowest BCUT2D eigenvalue weighted by molar-refractivity contribution is -0.385. The second kappa shape index (κ2) is 9.84. The number of hydrogen-bond acceptors (Lipinski definition) is 7. The van der Waals surface area contributed by atoms with Gasteiger partial charge in [0, 0.05) is 24.0 Å². The molecule has 10 heteroatoms. The lowest BCUT2D eigenvalue weighted by Gasteiger charge is -2.12. The van der Waals surface area contributed by atoms with Crippen LogP contribution in [0.15, 0.2) is 66.1 Å². The van der Waals surface area contributed by atoms with Crippen LogP contribution in [-0.4, -0.2) is 36.3 Å². The van der Waals surface area contributed by atoms with Crippen molar-refractivity contribution in [3.63, 3.8) is 0 Å². The molecule has 0 aliphatic carbocycles. The number of amides is 1. The van der Waals surface area contributed by atoms with Gasteiger partial charge in [0.25, 0.3) is 5.69 Å². The number of thioether (sulfide) groups is 1. The normalized spacial score (nSPS) is 10.8. The number of pyridine rings is 1. The Kier molecular flexibility index (Phi) is 6.69. The highest BCUT2D eigenvalue weighted by Crippen LogP contribution is 2.29. The first kappa shape index (κ1) is 23.1. The van der Waals surface area contributed by atoms with Gasteiger partial charge >= 0.3 is 0 Å². The Hall–Kier alpha value is -4.05. The van der Waals surface area contributed by atoms with Gasteiger partial charge in [0.15, 0.2) is 11.0 Å². The van der Waals surface area contributed by atoms with E-state index < -0.39 is 4.92 Å². The molecule has 34 heavy (non-hydrogen) atoms. The maximum atomic E-state index is 12.7. The van der Waals surface area contributed by atoms with E-state index in [-0.39, 0.29) is 17.3 Å². The molecule has 1 amide bonds. The van der Waals surface area contributed by atoms with Gasteiger partial charge in [0.05, 0.1) is 27.6 Å². The number of anilines is 1. The Balaban J connectivity index is 1.61. The molecule has 4 aromatic rings. The predicted molar refractivity (Wildman–Crippen MR) is 131 cm³/mol. The van der Waals surface area contributed by atoms with E-state index in [2.05, 4.69) is 26.6 Å². The Morgan fingerprint density at radius 2 is 1.82 bits per heavy atom. The molecular formula is C24H22N6O3S. The highest BCUT2D eigenvalue weighted by molar-refractivity contribution is 7.99. The fraction of sp³-hybridized carbons (Fsp3) is 0.167. The van der Waals surface area contributed by atoms with Crippen molar-refractivity contribution in [3.8, 4) is 17.1 Å². The third-order valence-electron chi connectivity index (χ3n) is 5.43. The third-order valence-corrected chi connectivity index (χ3v) is 6.36. The number of nitrogens with one attached hydrogen (secondary N) is 1. The van der Waals surface area contributed by atoms with Crippen molar-refractivity contribution in [2.45, 2.75) is 25.9 Å². The molecule has 172 valence electrons. The molecule has 0 aliphatic heterocycles. The smallest absolute Gasteiger partial charge is 0.274 e. The van der Waals surface area contributed by atoms with Gasteiger partial charge in [-0.05, 0) is 62.2 Å². The van der Waals surface area contributed by atoms with Crippen molar-refractivity contribution in [1.82, 2.24) is 19.7 Å². The number of aryl methyl sites for hydroxylation is 2. The standard InChI is InChI=1S/C24H22N6O3S/c1-15-7-8-19(13-16(15)2)29-23(18-9-11-25-12-10-18)27-28-24(29)34-14-22(31)26-20-5-4-6-21(17(20)3)30(32)33/h4-13H,14H2,1-3H3,(H,26,31). The van der Waals surface area contributed by atoms with Crippen molar-refractivity contribution in [1.29, 1.82) is 0 Å². The molecule has 0 unspecified atom stereocenters. The maximum Gasteiger partial charge on any atom is 0.274 e. The first-order valence-electron chi connectivity index (χ1n) is 10.4. The maximum absolute atomic E-state index is 12.7. The van der Waals surface area contributed by atoms with E-state index in [0.29, 0.717) is 22.2 Å². The number of hydrogen-bond donors (Lipinski definition) is 1. The van der Waals surface area contributed by atoms with Crippen LogP contribution >= 0.6 is 11.8 Å². The van der Waals surface area contributed by atoms with E-state index in [4.69, 9.17) is 0 Å². The largest absolute Gasteiger partial charge is 0.325 e. The quantitative estimate of drug-likeness (QED) is 0.230. The van der Waals surface area contributed by atoms with E-state index in [1.165, 1.54) is 23.4 Å². The van der Waals surface area contributed by atoms with E-state index in [9.17, 15) is 14.9 Å². The topological polar surface area (TPSA) is 116 Å². The molecule has 0 fully saturated rings. The molecule has 2 aromatic carbocycles. The number of carbonyl (C=O) groups is 1. The van der Waals surface area contributed by atoms with Gasteiger partial charge in [-0.3, -0.25) is 24.5 Å². The molecule has 1 N–H and O–H groups in total. The monoisotopic (exact) mass is 474 g/mol. The average molecular weight is 475 g/mol. The second-order valence-corrected chi connectivity index (χ2v) is 8.63. The minimum Gasteiger partial charge on any atom is -0.325 e. The highest BCUT2D eigenvalue weighted by atomic mass is 32.2. The van der Waals surface area contributed by atoms with Gasteiger partial charge in [-0.25, -0.2) is 0 Å². The van der Waals surface area contributed by atoms with Crippen LogP contribution in [0, 0.1) is 30.9 Å². The Morgan fingerprint density at radius 3 is 2.53 bits per heavy atom. The molecular weight excluding hydrogens is 452 g/mol. The van der Waals surface area contributed by atoms with Crippen molar-refractivity contribution >= 4 is 29.0 Å². The van der Waals surface area contributed by atoms with Gasteiger partial charge in [-0.2, -0.15) is 0 Å². The average Bonchev–Trinajstić information content (AvgIpc) is 3.25. The molecule has 0 radical (unpaired) electrons. The summed E-state index contributed by atoms with van der Waals surface area (Å²) in [4.78, 5) is 27.5. The summed E-state index contributed by atoms with van der Waals surface area (Å²) in [7, 11) is 0. The summed E-state index contributed by atoms with van der Waals surface area (Å²) in [5.41, 5.74) is 4.81. The highest BCUT2D eigenvalue weighted by Gasteiger charge is 2.19. The number of nitro benzene ring substituents is 1. The van der Waals surface area contributed by atoms with Crippen LogP contribution in [-0.2, 0) is 4.79 Å². The predicted octanol–water partition coefficient (Wildman–Crippen LogP) is 4.89. The SMILES string of the molecule is Cc1ccc(-n2c(SCC(=O)Nc3cccc([N+](=O)[O-])c3C)nnc2-c2ccncc2)cc1C. The van der Waals surface area contributed by atoms with Crippen LogP contribution in [0.4, 0.5) is 11.4 Å². The van der Waals surface area contributed by atoms with Gasteiger partial charge in [-0.1, -0.05) is 23.9 Å². The van der Waals surface area contributed by atoms with Gasteiger partial charge in [0.1, 0.15) is 0 Å². The van der Waals surface area contributed by atoms with Gasteiger partial charge in [-0.15, -0.1) is 10.2 Å². The number of rotatable bonds is 7. The Morgan fingerprint density at radius 1 is 1.06 bits per heavy atom. The zero-order valence-electron chi connectivity index (χ0n) is 18.8. The fourth-order valence-electron chi connectivity index (χ4n) is 3.42. The Labute approximate surface area is 200 Å². The summed E-state index contributed by atoms with van der Waals surface area (Å²) in [6.45, 7) is 5.69. The molecule has 0 saturated carbocycles. The number of nitrogens with zero attached hydrogens (tertiary/aromatic N) is 5. The zero-order chi connectivity index (χ0) is 24.2. The van der Waals surface area contributed by atoms with Gasteiger partial charge < -0.3 is 5.32 Å². The van der Waals surface area contributed by atoms with E-state index in [0.717, 1.165) is 16.8 Å². The third kappa shape index (κ3) is 4.81. The van der Waals surface area contributed by atoms with Crippen molar-refractivity contribution < 1.29 is 9.72 Å². The molecule has 0 aliphatic rings. The second-order valence-electron chi connectivity index (χ2n) is 7.69. The molecule has 0 saturated heterocycles. The van der Waals surface area contributed by atoms with Crippen LogP contribution < -0.4 is 5.32 Å². The summed E-state index contributed by atoms with van der Waals surface area (Å²) >= 11 is 1.24. The minimum atomic E-state index is -0.466. The number of benzene rings is 2. The Bertz CT molecular complexity index is 1370. The number of nitro groups is 1. The van der Waals surface area contributed by atoms with Crippen molar-refractivity contribution in [2.24, 2.45) is 0 Å². The first-order chi connectivity index (χ1) is 16.3. The van der Waals surface area contributed by atoms with Crippen molar-refractivity contribution in [2.75, 3.05) is 11.1 Å². The molecule has 0 bridgehead atoms. The summed E-state index contributed by atoms with van der Waals surface area (Å²) in [6, 6.07) is 14.4. The molecule has 4 rings (SSSR count). The van der Waals surface area contributed by atoms with E-state index in [1.807, 2.05) is 42.7 Å².